The number of carbonyl (C=O) groups excluding carboxylic acids is 4. The Morgan fingerprint density at radius 2 is 0.622 bits per heavy atom. The quantitative estimate of drug-likeness (QED) is 0.0360. The SMILES string of the molecule is CCCCCCCCCCCCCCOC(=O)/C=C/C(=O)[O-].CCCCCCCCCCCCCCOC(=O)/C=C/C(=O)[O-].[Ca+2]. The molecule has 256 valence electrons. The van der Waals surface area contributed by atoms with Crippen molar-refractivity contribution in [1.82, 2.24) is 0 Å². The molecule has 45 heavy (non-hydrogen) atoms. The van der Waals surface area contributed by atoms with Gasteiger partial charge in [0.25, 0.3) is 0 Å². The van der Waals surface area contributed by atoms with Gasteiger partial charge in [0.1, 0.15) is 0 Å². The van der Waals surface area contributed by atoms with Crippen LogP contribution >= 0.6 is 0 Å². The summed E-state index contributed by atoms with van der Waals surface area (Å²) >= 11 is 0. The molecule has 0 aliphatic heterocycles. The van der Waals surface area contributed by atoms with E-state index in [1.54, 1.807) is 0 Å². The zero-order valence-corrected chi connectivity index (χ0v) is 30.9. The third-order valence-electron chi connectivity index (χ3n) is 7.20. The van der Waals surface area contributed by atoms with Gasteiger partial charge in [-0.05, 0) is 25.0 Å². The van der Waals surface area contributed by atoms with Crippen molar-refractivity contribution in [3.8, 4) is 0 Å². The second-order valence-corrected chi connectivity index (χ2v) is 11.4. The molecular formula is C36H62CaO8. The molecule has 0 aromatic heterocycles. The molecule has 0 atom stereocenters. The van der Waals surface area contributed by atoms with Crippen LogP contribution in [0.25, 0.3) is 0 Å². The molecule has 0 saturated heterocycles. The Bertz CT molecular complexity index is 689. The fraction of sp³-hybridized carbons (Fsp3) is 0.778. The molecular weight excluding hydrogens is 600 g/mol. The Hall–Kier alpha value is -1.38. The number of unbranched alkanes of at least 4 members (excludes halogenated alkanes) is 22. The van der Waals surface area contributed by atoms with Crippen LogP contribution in [0.5, 0.6) is 0 Å². The molecule has 0 fully saturated rings. The van der Waals surface area contributed by atoms with E-state index in [0.29, 0.717) is 25.4 Å². The number of hydrogen-bond donors (Lipinski definition) is 0. The van der Waals surface area contributed by atoms with E-state index in [4.69, 9.17) is 9.47 Å². The van der Waals surface area contributed by atoms with Crippen molar-refractivity contribution >= 4 is 61.6 Å². The van der Waals surface area contributed by atoms with E-state index in [1.165, 1.54) is 128 Å². The molecule has 0 aromatic carbocycles. The monoisotopic (exact) mass is 662 g/mol. The van der Waals surface area contributed by atoms with Crippen LogP contribution < -0.4 is 10.2 Å². The van der Waals surface area contributed by atoms with E-state index < -0.39 is 23.9 Å². The summed E-state index contributed by atoms with van der Waals surface area (Å²) in [6.45, 7) is 5.19. The van der Waals surface area contributed by atoms with Crippen molar-refractivity contribution in [3.63, 3.8) is 0 Å². The predicted molar refractivity (Wildman–Crippen MR) is 178 cm³/mol. The number of hydrogen-bond acceptors (Lipinski definition) is 8. The minimum Gasteiger partial charge on any atom is -0.545 e. The fourth-order valence-electron chi connectivity index (χ4n) is 4.60. The number of esters is 2. The van der Waals surface area contributed by atoms with Gasteiger partial charge in [0.05, 0.1) is 25.2 Å². The largest absolute Gasteiger partial charge is 2.00 e. The van der Waals surface area contributed by atoms with E-state index in [1.807, 2.05) is 0 Å². The summed E-state index contributed by atoms with van der Waals surface area (Å²) in [6.07, 6.45) is 33.3. The molecule has 0 aromatic rings. The number of carboxylic acids is 2. The molecule has 0 aliphatic carbocycles. The van der Waals surface area contributed by atoms with Gasteiger partial charge in [-0.1, -0.05) is 155 Å². The Kier molecular flexibility index (Phi) is 43.4. The smallest absolute Gasteiger partial charge is 0.545 e. The summed E-state index contributed by atoms with van der Waals surface area (Å²) in [4.78, 5) is 42.3. The molecule has 0 spiro atoms. The fourth-order valence-corrected chi connectivity index (χ4v) is 4.60. The molecule has 0 saturated carbocycles. The van der Waals surface area contributed by atoms with Crippen LogP contribution in [-0.2, 0) is 28.7 Å². The van der Waals surface area contributed by atoms with Crippen molar-refractivity contribution in [2.24, 2.45) is 0 Å². The normalized spacial score (nSPS) is 10.7. The molecule has 0 amide bonds. The van der Waals surface area contributed by atoms with E-state index in [-0.39, 0.29) is 37.7 Å². The van der Waals surface area contributed by atoms with E-state index >= 15 is 0 Å². The summed E-state index contributed by atoms with van der Waals surface area (Å²) in [6, 6.07) is 0. The summed E-state index contributed by atoms with van der Waals surface area (Å²) in [5, 5.41) is 20.2. The summed E-state index contributed by atoms with van der Waals surface area (Å²) in [7, 11) is 0. The third-order valence-corrected chi connectivity index (χ3v) is 7.20. The van der Waals surface area contributed by atoms with Crippen LogP contribution in [0, 0.1) is 0 Å². The average Bonchev–Trinajstić information content (AvgIpc) is 3.00. The van der Waals surface area contributed by atoms with E-state index in [9.17, 15) is 29.4 Å². The first-order valence-corrected chi connectivity index (χ1v) is 17.4. The molecule has 0 N–H and O–H groups in total. The van der Waals surface area contributed by atoms with Crippen LogP contribution in [-0.4, -0.2) is 74.8 Å². The van der Waals surface area contributed by atoms with Gasteiger partial charge in [-0.15, -0.1) is 0 Å². The van der Waals surface area contributed by atoms with Crippen molar-refractivity contribution in [2.45, 2.75) is 168 Å². The van der Waals surface area contributed by atoms with Crippen molar-refractivity contribution < 1.29 is 38.9 Å². The van der Waals surface area contributed by atoms with Crippen LogP contribution in [0.1, 0.15) is 168 Å². The Morgan fingerprint density at radius 1 is 0.400 bits per heavy atom. The number of ether oxygens (including phenoxy) is 2. The van der Waals surface area contributed by atoms with E-state index in [0.717, 1.165) is 37.8 Å². The molecule has 9 heteroatoms. The molecule has 0 radical (unpaired) electrons. The Labute approximate surface area is 304 Å². The second-order valence-electron chi connectivity index (χ2n) is 11.4. The third kappa shape index (κ3) is 47.1. The number of aliphatic carboxylic acids is 2. The average molecular weight is 663 g/mol. The van der Waals surface area contributed by atoms with Gasteiger partial charge in [-0.2, -0.15) is 0 Å². The maximum atomic E-state index is 11.0. The minimum atomic E-state index is -1.39. The van der Waals surface area contributed by atoms with Gasteiger partial charge in [0, 0.05) is 12.2 Å². The van der Waals surface area contributed by atoms with Crippen molar-refractivity contribution in [1.29, 1.82) is 0 Å². The van der Waals surface area contributed by atoms with Gasteiger partial charge in [0.15, 0.2) is 0 Å². The van der Waals surface area contributed by atoms with Gasteiger partial charge in [0.2, 0.25) is 0 Å². The molecule has 0 bridgehead atoms. The topological polar surface area (TPSA) is 133 Å². The van der Waals surface area contributed by atoms with Gasteiger partial charge < -0.3 is 29.3 Å². The maximum absolute atomic E-state index is 11.0. The van der Waals surface area contributed by atoms with Crippen LogP contribution in [0.15, 0.2) is 24.3 Å². The zero-order valence-electron chi connectivity index (χ0n) is 28.7. The van der Waals surface area contributed by atoms with Gasteiger partial charge in [-0.25, -0.2) is 9.59 Å². The first-order valence-electron chi connectivity index (χ1n) is 17.4. The van der Waals surface area contributed by atoms with Crippen LogP contribution in [0.3, 0.4) is 0 Å². The predicted octanol–water partition coefficient (Wildman–Crippen LogP) is 6.69. The number of rotatable bonds is 30. The summed E-state index contributed by atoms with van der Waals surface area (Å²) in [5.74, 6) is -4.01. The molecule has 8 nitrogen and oxygen atoms in total. The first-order chi connectivity index (χ1) is 21.3. The molecule has 0 rings (SSSR count). The zero-order chi connectivity index (χ0) is 32.9. The Morgan fingerprint density at radius 3 is 0.844 bits per heavy atom. The second kappa shape index (κ2) is 40.6. The standard InChI is InChI=1S/2C18H32O4.Ca/c2*1-2-3-4-5-6-7-8-9-10-11-12-13-16-22-18(21)15-14-17(19)20;/h2*14-15H,2-13,16H2,1H3,(H,19,20);/q;;+2/p-2/b2*15-14+;. The van der Waals surface area contributed by atoms with E-state index in [2.05, 4.69) is 13.8 Å². The van der Waals surface area contributed by atoms with Crippen molar-refractivity contribution in [3.05, 3.63) is 24.3 Å². The first kappa shape index (κ1) is 48.0. The van der Waals surface area contributed by atoms with Gasteiger partial charge >= 0.3 is 49.7 Å². The Balaban J connectivity index is -0.000000767. The molecule has 0 unspecified atom stereocenters. The summed E-state index contributed by atoms with van der Waals surface area (Å²) in [5.41, 5.74) is 0. The van der Waals surface area contributed by atoms with Crippen LogP contribution in [0.4, 0.5) is 0 Å². The molecule has 0 heterocycles. The minimum absolute atomic E-state index is 0. The number of carbonyl (C=O) groups is 4. The summed E-state index contributed by atoms with van der Waals surface area (Å²) < 4.78 is 9.73. The molecule has 0 aliphatic rings. The van der Waals surface area contributed by atoms with Gasteiger partial charge in [-0.3, -0.25) is 0 Å². The van der Waals surface area contributed by atoms with Crippen LogP contribution in [0.2, 0.25) is 0 Å². The number of carboxylic acid groups (broad SMARTS) is 2. The van der Waals surface area contributed by atoms with Crippen molar-refractivity contribution in [2.75, 3.05) is 13.2 Å². The maximum Gasteiger partial charge on any atom is 2.00 e.